The monoisotopic (exact) mass is 296 g/mol. The van der Waals surface area contributed by atoms with E-state index in [1.165, 1.54) is 12.1 Å². The Labute approximate surface area is 125 Å². The molecule has 2 unspecified atom stereocenters. The third kappa shape index (κ3) is 5.79. The number of hydrogen-bond acceptors (Lipinski definition) is 5. The lowest BCUT2D eigenvalue weighted by Crippen LogP contribution is -2.40. The number of nitro benzene ring substituents is 1. The van der Waals surface area contributed by atoms with Gasteiger partial charge in [0, 0.05) is 31.3 Å². The zero-order chi connectivity index (χ0) is 15.8. The van der Waals surface area contributed by atoms with Crippen LogP contribution in [0, 0.1) is 16.0 Å². The van der Waals surface area contributed by atoms with Gasteiger partial charge in [-0.15, -0.1) is 0 Å². The number of nitrogens with one attached hydrogen (secondary N) is 1. The van der Waals surface area contributed by atoms with Gasteiger partial charge in [-0.1, -0.05) is 13.8 Å². The number of nitro groups is 1. The Hall–Kier alpha value is -1.50. The van der Waals surface area contributed by atoms with E-state index in [1.807, 2.05) is 6.92 Å². The van der Waals surface area contributed by atoms with Gasteiger partial charge in [0.15, 0.2) is 0 Å². The Balaban J connectivity index is 2.54. The fourth-order valence-electron chi connectivity index (χ4n) is 1.93. The summed E-state index contributed by atoms with van der Waals surface area (Å²) in [6, 6.07) is 6.13. The van der Waals surface area contributed by atoms with Crippen molar-refractivity contribution in [3.63, 3.8) is 0 Å². The Morgan fingerprint density at radius 3 is 2.43 bits per heavy atom. The highest BCUT2D eigenvalue weighted by Gasteiger charge is 2.16. The van der Waals surface area contributed by atoms with Crippen LogP contribution < -0.4 is 5.32 Å². The average molecular weight is 296 g/mol. The molecule has 0 saturated carbocycles. The minimum Gasteiger partial charge on any atom is -0.387 e. The number of ether oxygens (including phenoxy) is 1. The first kappa shape index (κ1) is 17.6. The van der Waals surface area contributed by atoms with Crippen molar-refractivity contribution in [2.45, 2.75) is 32.9 Å². The van der Waals surface area contributed by atoms with E-state index in [0.29, 0.717) is 31.2 Å². The highest BCUT2D eigenvalue weighted by molar-refractivity contribution is 5.33. The standard InChI is InChI=1S/C15H24N2O4/c1-4-21-10-14(11(2)3)16-9-15(18)12-5-7-13(8-6-12)17(19)20/h5-8,11,14-16,18H,4,9-10H2,1-3H3. The Morgan fingerprint density at radius 2 is 1.95 bits per heavy atom. The number of rotatable bonds is 9. The minimum atomic E-state index is -0.700. The second kappa shape index (κ2) is 8.71. The van der Waals surface area contributed by atoms with Crippen LogP contribution in [0.4, 0.5) is 5.69 Å². The normalized spacial score (nSPS) is 14.1. The van der Waals surface area contributed by atoms with Crippen LogP contribution in [0.5, 0.6) is 0 Å². The third-order valence-corrected chi connectivity index (χ3v) is 3.37. The van der Waals surface area contributed by atoms with Crippen molar-refractivity contribution in [2.75, 3.05) is 19.8 Å². The van der Waals surface area contributed by atoms with Crippen LogP contribution in [0.3, 0.4) is 0 Å². The second-order valence-electron chi connectivity index (χ2n) is 5.28. The first-order valence-corrected chi connectivity index (χ1v) is 7.19. The van der Waals surface area contributed by atoms with E-state index in [4.69, 9.17) is 4.74 Å². The largest absolute Gasteiger partial charge is 0.387 e. The molecule has 1 rings (SSSR count). The van der Waals surface area contributed by atoms with Crippen molar-refractivity contribution in [3.8, 4) is 0 Å². The van der Waals surface area contributed by atoms with E-state index < -0.39 is 11.0 Å². The van der Waals surface area contributed by atoms with Gasteiger partial charge in [0.1, 0.15) is 0 Å². The highest BCUT2D eigenvalue weighted by Crippen LogP contribution is 2.17. The lowest BCUT2D eigenvalue weighted by atomic mass is 10.0. The number of non-ortho nitro benzene ring substituents is 1. The van der Waals surface area contributed by atoms with Crippen molar-refractivity contribution in [1.82, 2.24) is 5.32 Å². The van der Waals surface area contributed by atoms with Crippen LogP contribution >= 0.6 is 0 Å². The number of nitrogens with zero attached hydrogens (tertiary/aromatic N) is 1. The van der Waals surface area contributed by atoms with Crippen molar-refractivity contribution in [3.05, 3.63) is 39.9 Å². The van der Waals surface area contributed by atoms with Gasteiger partial charge in [0.2, 0.25) is 0 Å². The molecule has 1 aromatic carbocycles. The predicted octanol–water partition coefficient (Wildman–Crippen LogP) is 2.28. The molecule has 1 aromatic rings. The van der Waals surface area contributed by atoms with Crippen molar-refractivity contribution < 1.29 is 14.8 Å². The highest BCUT2D eigenvalue weighted by atomic mass is 16.6. The molecule has 2 atom stereocenters. The van der Waals surface area contributed by atoms with Gasteiger partial charge in [-0.05, 0) is 30.5 Å². The number of benzene rings is 1. The van der Waals surface area contributed by atoms with Gasteiger partial charge in [0.05, 0.1) is 17.6 Å². The van der Waals surface area contributed by atoms with Gasteiger partial charge >= 0.3 is 0 Å². The van der Waals surface area contributed by atoms with E-state index in [2.05, 4.69) is 19.2 Å². The molecule has 0 aliphatic carbocycles. The van der Waals surface area contributed by atoms with E-state index in [1.54, 1.807) is 12.1 Å². The quantitative estimate of drug-likeness (QED) is 0.539. The van der Waals surface area contributed by atoms with Crippen molar-refractivity contribution >= 4 is 5.69 Å². The van der Waals surface area contributed by atoms with Crippen LogP contribution in [0.15, 0.2) is 24.3 Å². The molecule has 6 nitrogen and oxygen atoms in total. The predicted molar refractivity (Wildman–Crippen MR) is 81.2 cm³/mol. The van der Waals surface area contributed by atoms with E-state index in [9.17, 15) is 15.2 Å². The zero-order valence-electron chi connectivity index (χ0n) is 12.8. The van der Waals surface area contributed by atoms with Gasteiger partial charge in [-0.25, -0.2) is 0 Å². The minimum absolute atomic E-state index is 0.0234. The molecular weight excluding hydrogens is 272 g/mol. The smallest absolute Gasteiger partial charge is 0.269 e. The topological polar surface area (TPSA) is 84.6 Å². The van der Waals surface area contributed by atoms with Crippen LogP contribution in [-0.2, 0) is 4.74 Å². The number of aliphatic hydroxyl groups excluding tert-OH is 1. The van der Waals surface area contributed by atoms with Gasteiger partial charge in [0.25, 0.3) is 5.69 Å². The molecule has 0 amide bonds. The summed E-state index contributed by atoms with van der Waals surface area (Å²) in [7, 11) is 0. The lowest BCUT2D eigenvalue weighted by molar-refractivity contribution is -0.384. The zero-order valence-corrected chi connectivity index (χ0v) is 12.8. The fourth-order valence-corrected chi connectivity index (χ4v) is 1.93. The molecule has 0 spiro atoms. The molecule has 2 N–H and O–H groups in total. The van der Waals surface area contributed by atoms with Crippen LogP contribution in [0.1, 0.15) is 32.4 Å². The summed E-state index contributed by atoms with van der Waals surface area (Å²) in [5, 5.41) is 24.0. The second-order valence-corrected chi connectivity index (χ2v) is 5.28. The Kier molecular flexibility index (Phi) is 7.28. The molecule has 118 valence electrons. The van der Waals surface area contributed by atoms with Gasteiger partial charge in [-0.2, -0.15) is 0 Å². The number of aliphatic hydroxyl groups is 1. The van der Waals surface area contributed by atoms with Crippen molar-refractivity contribution in [1.29, 1.82) is 0 Å². The van der Waals surface area contributed by atoms with E-state index in [-0.39, 0.29) is 11.7 Å². The SMILES string of the molecule is CCOCC(NCC(O)c1ccc([N+](=O)[O-])cc1)C(C)C. The van der Waals surface area contributed by atoms with Gasteiger partial charge in [-0.3, -0.25) is 10.1 Å². The summed E-state index contributed by atoms with van der Waals surface area (Å²) in [5.74, 6) is 0.389. The summed E-state index contributed by atoms with van der Waals surface area (Å²) < 4.78 is 5.42. The molecular formula is C15H24N2O4. The van der Waals surface area contributed by atoms with Crippen LogP contribution in [-0.4, -0.2) is 35.8 Å². The maximum absolute atomic E-state index is 10.6. The molecule has 0 heterocycles. The first-order valence-electron chi connectivity index (χ1n) is 7.19. The summed E-state index contributed by atoms with van der Waals surface area (Å²) in [6.07, 6.45) is -0.700. The average Bonchev–Trinajstić information content (AvgIpc) is 2.46. The molecule has 0 radical (unpaired) electrons. The van der Waals surface area contributed by atoms with E-state index in [0.717, 1.165) is 0 Å². The van der Waals surface area contributed by atoms with Crippen molar-refractivity contribution in [2.24, 2.45) is 5.92 Å². The Bertz CT molecular complexity index is 434. The molecule has 0 bridgehead atoms. The first-order chi connectivity index (χ1) is 9.95. The number of hydrogen-bond donors (Lipinski definition) is 2. The Morgan fingerprint density at radius 1 is 1.33 bits per heavy atom. The van der Waals surface area contributed by atoms with E-state index >= 15 is 0 Å². The summed E-state index contributed by atoms with van der Waals surface area (Å²) in [5.41, 5.74) is 0.683. The van der Waals surface area contributed by atoms with Gasteiger partial charge < -0.3 is 15.2 Å². The summed E-state index contributed by atoms with van der Waals surface area (Å²) >= 11 is 0. The molecule has 0 fully saturated rings. The third-order valence-electron chi connectivity index (χ3n) is 3.37. The fraction of sp³-hybridized carbons (Fsp3) is 0.600. The van der Waals surface area contributed by atoms with Crippen LogP contribution in [0.2, 0.25) is 0 Å². The molecule has 0 aromatic heterocycles. The molecule has 0 aliphatic heterocycles. The van der Waals surface area contributed by atoms with Crippen LogP contribution in [0.25, 0.3) is 0 Å². The summed E-state index contributed by atoms with van der Waals surface area (Å²) in [6.45, 7) is 7.78. The maximum Gasteiger partial charge on any atom is 0.269 e. The molecule has 0 aliphatic rings. The molecule has 21 heavy (non-hydrogen) atoms. The summed E-state index contributed by atoms with van der Waals surface area (Å²) in [4.78, 5) is 10.1. The lowest BCUT2D eigenvalue weighted by Gasteiger charge is -2.24. The molecule has 0 saturated heterocycles. The maximum atomic E-state index is 10.6. The molecule has 6 heteroatoms.